The van der Waals surface area contributed by atoms with Gasteiger partial charge in [-0.3, -0.25) is 4.79 Å². The predicted octanol–water partition coefficient (Wildman–Crippen LogP) is 1.75. The van der Waals surface area contributed by atoms with Crippen molar-refractivity contribution in [2.24, 2.45) is 0 Å². The highest BCUT2D eigenvalue weighted by molar-refractivity contribution is 5.79. The topological polar surface area (TPSA) is 104 Å². The number of tetrazole rings is 1. The quantitative estimate of drug-likeness (QED) is 0.689. The summed E-state index contributed by atoms with van der Waals surface area (Å²) in [6.07, 6.45) is 3.02. The molecule has 0 radical (unpaired) electrons. The second-order valence-corrected chi connectivity index (χ2v) is 5.40. The van der Waals surface area contributed by atoms with Gasteiger partial charge in [-0.05, 0) is 35.5 Å². The van der Waals surface area contributed by atoms with Gasteiger partial charge in [-0.1, -0.05) is 18.2 Å². The summed E-state index contributed by atoms with van der Waals surface area (Å²) in [6.45, 7) is 1.96. The van der Waals surface area contributed by atoms with Gasteiger partial charge < -0.3 is 14.8 Å². The molecule has 0 aliphatic carbocycles. The minimum absolute atomic E-state index is 0.218. The van der Waals surface area contributed by atoms with E-state index in [1.165, 1.54) is 11.0 Å². The van der Waals surface area contributed by atoms with Crippen molar-refractivity contribution in [1.29, 1.82) is 0 Å². The fraction of sp³-hybridized carbons (Fsp3) is 0.235. The van der Waals surface area contributed by atoms with Crippen LogP contribution in [0.15, 0.2) is 48.9 Å². The smallest absolute Gasteiger partial charge is 0.244 e. The Hall–Kier alpha value is -3.49. The fourth-order valence-corrected chi connectivity index (χ4v) is 2.25. The number of ether oxygens (including phenoxy) is 2. The Morgan fingerprint density at radius 2 is 2.04 bits per heavy atom. The van der Waals surface area contributed by atoms with Crippen LogP contribution in [-0.4, -0.2) is 38.2 Å². The Bertz CT molecular complexity index is 868. The first kappa shape index (κ1) is 17.3. The first-order chi connectivity index (χ1) is 12.7. The molecule has 134 valence electrons. The number of methoxy groups -OCH3 is 1. The number of rotatable bonds is 7. The standard InChI is InChI=1S/C17H18N6O3/c1-12(23-11-20-21-22-23)16(24)19-10-13-6-5-9-18-17(13)26-15-8-4-3-7-14(15)25-2/h3-9,11-12H,10H2,1-2H3,(H,19,24)/t12-/m0/s1. The van der Waals surface area contributed by atoms with Crippen LogP contribution in [0.3, 0.4) is 0 Å². The minimum atomic E-state index is -0.528. The molecule has 3 aromatic rings. The van der Waals surface area contributed by atoms with E-state index in [9.17, 15) is 4.79 Å². The van der Waals surface area contributed by atoms with Gasteiger partial charge in [0.15, 0.2) is 11.5 Å². The lowest BCUT2D eigenvalue weighted by atomic mass is 10.2. The summed E-state index contributed by atoms with van der Waals surface area (Å²) < 4.78 is 12.5. The van der Waals surface area contributed by atoms with E-state index in [4.69, 9.17) is 9.47 Å². The Labute approximate surface area is 150 Å². The summed E-state index contributed by atoms with van der Waals surface area (Å²) in [7, 11) is 1.57. The summed E-state index contributed by atoms with van der Waals surface area (Å²) in [5.41, 5.74) is 0.732. The number of hydrogen-bond acceptors (Lipinski definition) is 7. The number of benzene rings is 1. The van der Waals surface area contributed by atoms with Crippen LogP contribution in [0, 0.1) is 0 Å². The average Bonchev–Trinajstić information content (AvgIpc) is 3.21. The third kappa shape index (κ3) is 3.94. The highest BCUT2D eigenvalue weighted by Gasteiger charge is 2.17. The number of carbonyl (C=O) groups is 1. The monoisotopic (exact) mass is 354 g/mol. The molecule has 0 aliphatic rings. The summed E-state index contributed by atoms with van der Waals surface area (Å²) in [4.78, 5) is 16.5. The SMILES string of the molecule is COc1ccccc1Oc1ncccc1CNC(=O)[C@H](C)n1cnnn1. The number of nitrogens with one attached hydrogen (secondary N) is 1. The van der Waals surface area contributed by atoms with Gasteiger partial charge in [0.25, 0.3) is 0 Å². The first-order valence-electron chi connectivity index (χ1n) is 7.94. The average molecular weight is 354 g/mol. The van der Waals surface area contributed by atoms with Crippen LogP contribution >= 0.6 is 0 Å². The molecular formula is C17H18N6O3. The van der Waals surface area contributed by atoms with Gasteiger partial charge in [-0.15, -0.1) is 5.10 Å². The lowest BCUT2D eigenvalue weighted by molar-refractivity contribution is -0.124. The molecule has 1 N–H and O–H groups in total. The summed E-state index contributed by atoms with van der Waals surface area (Å²) in [5, 5.41) is 13.6. The number of hydrogen-bond donors (Lipinski definition) is 1. The highest BCUT2D eigenvalue weighted by atomic mass is 16.5. The van der Waals surface area contributed by atoms with E-state index in [-0.39, 0.29) is 12.5 Å². The van der Waals surface area contributed by atoms with Crippen molar-refractivity contribution in [3.05, 3.63) is 54.5 Å². The Morgan fingerprint density at radius 3 is 2.77 bits per heavy atom. The van der Waals surface area contributed by atoms with E-state index in [0.717, 1.165) is 5.56 Å². The van der Waals surface area contributed by atoms with E-state index in [0.29, 0.717) is 17.4 Å². The van der Waals surface area contributed by atoms with E-state index in [2.05, 4.69) is 25.8 Å². The van der Waals surface area contributed by atoms with Crippen molar-refractivity contribution >= 4 is 5.91 Å². The zero-order chi connectivity index (χ0) is 18.4. The van der Waals surface area contributed by atoms with Crippen LogP contribution in [0.1, 0.15) is 18.5 Å². The molecule has 1 amide bonds. The highest BCUT2D eigenvalue weighted by Crippen LogP contribution is 2.31. The number of para-hydroxylation sites is 2. The Balaban J connectivity index is 1.70. The second kappa shape index (κ2) is 8.06. The number of amides is 1. The molecule has 0 bridgehead atoms. The molecule has 9 heteroatoms. The van der Waals surface area contributed by atoms with E-state index < -0.39 is 6.04 Å². The molecule has 2 heterocycles. The van der Waals surface area contributed by atoms with Gasteiger partial charge in [-0.2, -0.15) is 0 Å². The number of pyridine rings is 1. The molecule has 2 aromatic heterocycles. The normalized spacial score (nSPS) is 11.6. The molecule has 26 heavy (non-hydrogen) atoms. The molecule has 1 aromatic carbocycles. The number of aromatic nitrogens is 5. The van der Waals surface area contributed by atoms with Crippen LogP contribution in [0.5, 0.6) is 17.4 Å². The Kier molecular flexibility index (Phi) is 5.37. The molecule has 0 unspecified atom stereocenters. The molecule has 3 rings (SSSR count). The molecule has 0 spiro atoms. The maximum Gasteiger partial charge on any atom is 0.244 e. The van der Waals surface area contributed by atoms with Gasteiger partial charge in [0.1, 0.15) is 12.4 Å². The zero-order valence-corrected chi connectivity index (χ0v) is 14.4. The molecule has 0 saturated heterocycles. The maximum absolute atomic E-state index is 12.3. The predicted molar refractivity (Wildman–Crippen MR) is 91.7 cm³/mol. The van der Waals surface area contributed by atoms with Crippen molar-refractivity contribution in [2.45, 2.75) is 19.5 Å². The third-order valence-electron chi connectivity index (χ3n) is 3.72. The van der Waals surface area contributed by atoms with Crippen LogP contribution in [0.25, 0.3) is 0 Å². The van der Waals surface area contributed by atoms with E-state index in [1.54, 1.807) is 38.4 Å². The van der Waals surface area contributed by atoms with Gasteiger partial charge in [0, 0.05) is 18.3 Å². The Morgan fingerprint density at radius 1 is 1.23 bits per heavy atom. The molecule has 0 saturated carbocycles. The number of nitrogens with zero attached hydrogens (tertiary/aromatic N) is 5. The molecule has 9 nitrogen and oxygen atoms in total. The molecule has 1 atom stereocenters. The van der Waals surface area contributed by atoms with Gasteiger partial charge >= 0.3 is 0 Å². The zero-order valence-electron chi connectivity index (χ0n) is 14.4. The van der Waals surface area contributed by atoms with Crippen molar-refractivity contribution in [2.75, 3.05) is 7.11 Å². The molecular weight excluding hydrogens is 336 g/mol. The number of carbonyl (C=O) groups excluding carboxylic acids is 1. The lowest BCUT2D eigenvalue weighted by Crippen LogP contribution is -2.31. The largest absolute Gasteiger partial charge is 0.493 e. The lowest BCUT2D eigenvalue weighted by Gasteiger charge is -2.14. The minimum Gasteiger partial charge on any atom is -0.493 e. The third-order valence-corrected chi connectivity index (χ3v) is 3.72. The van der Waals surface area contributed by atoms with Crippen molar-refractivity contribution in [3.8, 4) is 17.4 Å². The first-order valence-corrected chi connectivity index (χ1v) is 7.94. The van der Waals surface area contributed by atoms with Crippen molar-refractivity contribution in [3.63, 3.8) is 0 Å². The maximum atomic E-state index is 12.3. The fourth-order valence-electron chi connectivity index (χ4n) is 2.25. The van der Waals surface area contributed by atoms with Crippen LogP contribution < -0.4 is 14.8 Å². The summed E-state index contributed by atoms with van der Waals surface area (Å²) >= 11 is 0. The van der Waals surface area contributed by atoms with Crippen molar-refractivity contribution in [1.82, 2.24) is 30.5 Å². The van der Waals surface area contributed by atoms with Crippen LogP contribution in [0.2, 0.25) is 0 Å². The van der Waals surface area contributed by atoms with E-state index in [1.807, 2.05) is 18.2 Å². The van der Waals surface area contributed by atoms with E-state index >= 15 is 0 Å². The second-order valence-electron chi connectivity index (χ2n) is 5.40. The van der Waals surface area contributed by atoms with Gasteiger partial charge in [0.2, 0.25) is 11.8 Å². The van der Waals surface area contributed by atoms with Crippen LogP contribution in [-0.2, 0) is 11.3 Å². The van der Waals surface area contributed by atoms with Crippen molar-refractivity contribution < 1.29 is 14.3 Å². The summed E-state index contributed by atoms with van der Waals surface area (Å²) in [6, 6.07) is 10.4. The van der Waals surface area contributed by atoms with Gasteiger partial charge in [-0.25, -0.2) is 9.67 Å². The molecule has 0 aliphatic heterocycles. The summed E-state index contributed by atoms with van der Waals surface area (Å²) in [5.74, 6) is 1.32. The molecule has 0 fully saturated rings. The van der Waals surface area contributed by atoms with Crippen LogP contribution in [0.4, 0.5) is 0 Å². The van der Waals surface area contributed by atoms with Gasteiger partial charge in [0.05, 0.1) is 7.11 Å².